The minimum absolute atomic E-state index is 0.0500. The topological polar surface area (TPSA) is 73.9 Å². The van der Waals surface area contributed by atoms with Gasteiger partial charge in [0.25, 0.3) is 0 Å². The summed E-state index contributed by atoms with van der Waals surface area (Å²) in [6, 6.07) is 7.17. The molecule has 0 amide bonds. The second-order valence-electron chi connectivity index (χ2n) is 5.90. The normalized spacial score (nSPS) is 12.2. The minimum atomic E-state index is -1.06. The van der Waals surface area contributed by atoms with Crippen molar-refractivity contribution in [1.29, 1.82) is 0 Å². The van der Waals surface area contributed by atoms with E-state index in [2.05, 4.69) is 4.90 Å². The molecule has 0 atom stereocenters. The highest BCUT2D eigenvalue weighted by Crippen LogP contribution is 2.22. The molecular formula is C16H21NO4. The second kappa shape index (κ2) is 5.87. The summed E-state index contributed by atoms with van der Waals surface area (Å²) in [5.41, 5.74) is 0.889. The van der Waals surface area contributed by atoms with Crippen LogP contribution in [-0.2, 0) is 6.54 Å². The zero-order chi connectivity index (χ0) is 15.6. The molecule has 0 radical (unpaired) electrons. The Labute approximate surface area is 123 Å². The van der Waals surface area contributed by atoms with E-state index in [0.29, 0.717) is 18.7 Å². The number of hydrogen-bond acceptors (Lipinski definition) is 4. The largest absolute Gasteiger partial charge is 0.475 e. The molecule has 2 rings (SSSR count). The lowest BCUT2D eigenvalue weighted by Gasteiger charge is -2.27. The molecule has 114 valence electrons. The summed E-state index contributed by atoms with van der Waals surface area (Å²) in [5, 5.41) is 19.6. The molecule has 0 saturated heterocycles. The molecule has 0 aliphatic rings. The summed E-state index contributed by atoms with van der Waals surface area (Å²) in [6.07, 6.45) is 0. The number of carbonyl (C=O) groups is 1. The smallest absolute Gasteiger partial charge is 0.371 e. The van der Waals surface area contributed by atoms with Crippen molar-refractivity contribution < 1.29 is 19.4 Å². The average Bonchev–Trinajstić information content (AvgIpc) is 2.79. The first-order chi connectivity index (χ1) is 9.78. The van der Waals surface area contributed by atoms with Gasteiger partial charge < -0.3 is 14.6 Å². The lowest BCUT2D eigenvalue weighted by molar-refractivity contribution is 0.0353. The molecule has 0 saturated carbocycles. The van der Waals surface area contributed by atoms with Crippen molar-refractivity contribution in [3.8, 4) is 0 Å². The second-order valence-corrected chi connectivity index (χ2v) is 5.90. The highest BCUT2D eigenvalue weighted by atomic mass is 16.4. The zero-order valence-electron chi connectivity index (χ0n) is 12.6. The first kappa shape index (κ1) is 15.5. The van der Waals surface area contributed by atoms with E-state index in [1.54, 1.807) is 19.9 Å². The Balaban J connectivity index is 2.20. The van der Waals surface area contributed by atoms with E-state index in [9.17, 15) is 9.90 Å². The van der Waals surface area contributed by atoms with E-state index in [1.165, 1.54) is 6.07 Å². The number of hydrogen-bond donors (Lipinski definition) is 2. The van der Waals surface area contributed by atoms with Crippen LogP contribution in [0.15, 0.2) is 28.7 Å². The van der Waals surface area contributed by atoms with Gasteiger partial charge in [0.1, 0.15) is 5.58 Å². The third kappa shape index (κ3) is 4.06. The van der Waals surface area contributed by atoms with Crippen molar-refractivity contribution in [1.82, 2.24) is 4.90 Å². The molecule has 0 spiro atoms. The molecule has 2 N–H and O–H groups in total. The fourth-order valence-electron chi connectivity index (χ4n) is 2.38. The number of furan rings is 1. The van der Waals surface area contributed by atoms with Crippen LogP contribution in [0.4, 0.5) is 0 Å². The van der Waals surface area contributed by atoms with Gasteiger partial charge in [-0.1, -0.05) is 13.0 Å². The molecule has 5 nitrogen and oxygen atoms in total. The number of aliphatic hydroxyl groups is 1. The lowest BCUT2D eigenvalue weighted by Crippen LogP contribution is -2.38. The molecule has 0 aliphatic heterocycles. The van der Waals surface area contributed by atoms with Crippen molar-refractivity contribution >= 4 is 16.9 Å². The number of benzene rings is 1. The first-order valence-corrected chi connectivity index (χ1v) is 6.99. The van der Waals surface area contributed by atoms with E-state index < -0.39 is 11.6 Å². The van der Waals surface area contributed by atoms with E-state index >= 15 is 0 Å². The van der Waals surface area contributed by atoms with Crippen molar-refractivity contribution in [3.05, 3.63) is 35.6 Å². The zero-order valence-corrected chi connectivity index (χ0v) is 12.6. The predicted octanol–water partition coefficient (Wildman–Crippen LogP) is 2.72. The van der Waals surface area contributed by atoms with Crippen LogP contribution in [0.2, 0.25) is 0 Å². The van der Waals surface area contributed by atoms with Gasteiger partial charge >= 0.3 is 5.97 Å². The quantitative estimate of drug-likeness (QED) is 0.856. The summed E-state index contributed by atoms with van der Waals surface area (Å²) >= 11 is 0. The Kier molecular flexibility index (Phi) is 4.34. The maximum Gasteiger partial charge on any atom is 0.371 e. The van der Waals surface area contributed by atoms with Crippen molar-refractivity contribution in [2.75, 3.05) is 13.1 Å². The van der Waals surface area contributed by atoms with Crippen LogP contribution in [0.3, 0.4) is 0 Å². The Morgan fingerprint density at radius 3 is 2.62 bits per heavy atom. The molecule has 0 bridgehead atoms. The monoisotopic (exact) mass is 291 g/mol. The first-order valence-electron chi connectivity index (χ1n) is 6.99. The molecule has 1 heterocycles. The predicted molar refractivity (Wildman–Crippen MR) is 80.4 cm³/mol. The van der Waals surface area contributed by atoms with Crippen LogP contribution >= 0.6 is 0 Å². The average molecular weight is 291 g/mol. The number of nitrogens with zero attached hydrogens (tertiary/aromatic N) is 1. The molecule has 21 heavy (non-hydrogen) atoms. The van der Waals surface area contributed by atoms with Gasteiger partial charge in [-0.2, -0.15) is 0 Å². The Hall–Kier alpha value is -1.85. The van der Waals surface area contributed by atoms with Crippen molar-refractivity contribution in [3.63, 3.8) is 0 Å². The number of carboxylic acid groups (broad SMARTS) is 1. The number of aromatic carboxylic acids is 1. The summed E-state index contributed by atoms with van der Waals surface area (Å²) in [6.45, 7) is 7.72. The number of rotatable bonds is 6. The van der Waals surface area contributed by atoms with Gasteiger partial charge in [-0.05, 0) is 44.2 Å². The molecule has 5 heteroatoms. The Morgan fingerprint density at radius 1 is 1.33 bits per heavy atom. The van der Waals surface area contributed by atoms with Crippen LogP contribution < -0.4 is 0 Å². The maximum atomic E-state index is 10.9. The lowest BCUT2D eigenvalue weighted by atomic mass is 10.1. The summed E-state index contributed by atoms with van der Waals surface area (Å²) in [7, 11) is 0. The molecule has 0 aliphatic carbocycles. The van der Waals surface area contributed by atoms with Gasteiger partial charge in [0.2, 0.25) is 5.76 Å². The third-order valence-corrected chi connectivity index (χ3v) is 3.26. The fraction of sp³-hybridized carbons (Fsp3) is 0.438. The molecule has 0 fully saturated rings. The van der Waals surface area contributed by atoms with E-state index in [-0.39, 0.29) is 5.76 Å². The standard InChI is InChI=1S/C16H21NO4/c1-4-17(10-16(2,3)20)9-11-5-6-13-12(7-11)8-14(21-13)15(18)19/h5-8,20H,4,9-10H2,1-3H3,(H,18,19). The van der Waals surface area contributed by atoms with Crippen LogP contribution in [0.5, 0.6) is 0 Å². The van der Waals surface area contributed by atoms with E-state index in [1.807, 2.05) is 19.1 Å². The van der Waals surface area contributed by atoms with Crippen molar-refractivity contribution in [2.24, 2.45) is 0 Å². The van der Waals surface area contributed by atoms with Gasteiger partial charge in [0, 0.05) is 18.5 Å². The highest BCUT2D eigenvalue weighted by Gasteiger charge is 2.18. The molecule has 2 aromatic rings. The highest BCUT2D eigenvalue weighted by molar-refractivity contribution is 5.91. The number of carboxylic acids is 1. The Morgan fingerprint density at radius 2 is 2.05 bits per heavy atom. The van der Waals surface area contributed by atoms with Crippen LogP contribution in [0.1, 0.15) is 36.9 Å². The van der Waals surface area contributed by atoms with Gasteiger partial charge in [-0.15, -0.1) is 0 Å². The van der Waals surface area contributed by atoms with Gasteiger partial charge in [0.15, 0.2) is 0 Å². The summed E-state index contributed by atoms with van der Waals surface area (Å²) < 4.78 is 5.24. The number of likely N-dealkylation sites (N-methyl/N-ethyl adjacent to an activating group) is 1. The van der Waals surface area contributed by atoms with E-state index in [0.717, 1.165) is 17.5 Å². The molecule has 0 unspecified atom stereocenters. The van der Waals surface area contributed by atoms with Crippen molar-refractivity contribution in [2.45, 2.75) is 32.9 Å². The van der Waals surface area contributed by atoms with E-state index in [4.69, 9.17) is 9.52 Å². The number of fused-ring (bicyclic) bond motifs is 1. The summed E-state index contributed by atoms with van der Waals surface area (Å²) in [5.74, 6) is -1.11. The van der Waals surface area contributed by atoms with Gasteiger partial charge in [-0.3, -0.25) is 4.90 Å². The summed E-state index contributed by atoms with van der Waals surface area (Å²) in [4.78, 5) is 13.0. The van der Waals surface area contributed by atoms with Gasteiger partial charge in [-0.25, -0.2) is 4.79 Å². The molecular weight excluding hydrogens is 270 g/mol. The fourth-order valence-corrected chi connectivity index (χ4v) is 2.38. The maximum absolute atomic E-state index is 10.9. The Bertz CT molecular complexity index is 639. The SMILES string of the molecule is CCN(Cc1ccc2oc(C(=O)O)cc2c1)CC(C)(C)O. The minimum Gasteiger partial charge on any atom is -0.475 e. The van der Waals surface area contributed by atoms with Crippen LogP contribution in [-0.4, -0.2) is 39.8 Å². The molecule has 1 aromatic carbocycles. The molecule has 1 aromatic heterocycles. The third-order valence-electron chi connectivity index (χ3n) is 3.26. The van der Waals surface area contributed by atoms with Crippen LogP contribution in [0.25, 0.3) is 11.0 Å². The van der Waals surface area contributed by atoms with Crippen LogP contribution in [0, 0.1) is 0 Å². The van der Waals surface area contributed by atoms with Gasteiger partial charge in [0.05, 0.1) is 5.60 Å².